The van der Waals surface area contributed by atoms with Crippen LogP contribution in [0.25, 0.3) is 0 Å². The minimum atomic E-state index is -0.405. The molecule has 14 heavy (non-hydrogen) atoms. The zero-order valence-electron chi connectivity index (χ0n) is 8.32. The molecule has 1 aromatic heterocycles. The Labute approximate surface area is 87.3 Å². The van der Waals surface area contributed by atoms with E-state index in [1.165, 1.54) is 16.2 Å². The summed E-state index contributed by atoms with van der Waals surface area (Å²) in [4.78, 5) is 25.2. The van der Waals surface area contributed by atoms with E-state index in [0.717, 1.165) is 0 Å². The normalized spacial score (nSPS) is 9.86. The van der Waals surface area contributed by atoms with Gasteiger partial charge >= 0.3 is 0 Å². The van der Waals surface area contributed by atoms with Gasteiger partial charge in [-0.2, -0.15) is 0 Å². The smallest absolute Gasteiger partial charge is 0.295 e. The van der Waals surface area contributed by atoms with E-state index in [1.54, 1.807) is 17.5 Å². The molecule has 3 nitrogen and oxygen atoms in total. The van der Waals surface area contributed by atoms with Gasteiger partial charge in [0.05, 0.1) is 4.88 Å². The molecule has 0 aromatic carbocycles. The van der Waals surface area contributed by atoms with E-state index >= 15 is 0 Å². The summed E-state index contributed by atoms with van der Waals surface area (Å²) >= 11 is 1.30. The summed E-state index contributed by atoms with van der Waals surface area (Å²) in [5.74, 6) is -0.804. The van der Waals surface area contributed by atoms with Gasteiger partial charge in [0.1, 0.15) is 0 Å². The van der Waals surface area contributed by atoms with Crippen LogP contribution in [0.5, 0.6) is 0 Å². The molecule has 0 unspecified atom stereocenters. The van der Waals surface area contributed by atoms with Crippen LogP contribution >= 0.6 is 11.3 Å². The van der Waals surface area contributed by atoms with E-state index in [9.17, 15) is 9.59 Å². The lowest BCUT2D eigenvalue weighted by molar-refractivity contribution is -0.126. The number of likely N-dealkylation sites (N-methyl/N-ethyl adjacent to an activating group) is 1. The fourth-order valence-electron chi connectivity index (χ4n) is 1.17. The van der Waals surface area contributed by atoms with E-state index in [4.69, 9.17) is 0 Å². The van der Waals surface area contributed by atoms with Crippen LogP contribution in [0.15, 0.2) is 17.5 Å². The summed E-state index contributed by atoms with van der Waals surface area (Å²) in [7, 11) is 0. The van der Waals surface area contributed by atoms with Crippen molar-refractivity contribution >= 4 is 23.0 Å². The number of hydrogen-bond acceptors (Lipinski definition) is 3. The molecule has 0 atom stereocenters. The highest BCUT2D eigenvalue weighted by Crippen LogP contribution is 2.10. The molecule has 0 aliphatic carbocycles. The topological polar surface area (TPSA) is 37.4 Å². The first kappa shape index (κ1) is 10.9. The Kier molecular flexibility index (Phi) is 3.83. The lowest BCUT2D eigenvalue weighted by atomic mass is 10.3. The van der Waals surface area contributed by atoms with E-state index in [-0.39, 0.29) is 0 Å². The van der Waals surface area contributed by atoms with Crippen molar-refractivity contribution in [1.29, 1.82) is 0 Å². The zero-order chi connectivity index (χ0) is 10.6. The molecule has 0 fully saturated rings. The van der Waals surface area contributed by atoms with Crippen molar-refractivity contribution in [2.75, 3.05) is 13.1 Å². The molecule has 0 spiro atoms. The second kappa shape index (κ2) is 4.91. The van der Waals surface area contributed by atoms with Crippen molar-refractivity contribution in [2.45, 2.75) is 13.8 Å². The maximum Gasteiger partial charge on any atom is 0.295 e. The molecule has 1 heterocycles. The molecule has 0 radical (unpaired) electrons. The third-order valence-corrected chi connectivity index (χ3v) is 2.86. The van der Waals surface area contributed by atoms with Crippen molar-refractivity contribution in [3.8, 4) is 0 Å². The van der Waals surface area contributed by atoms with Gasteiger partial charge in [0.2, 0.25) is 0 Å². The number of thiophene rings is 1. The summed E-state index contributed by atoms with van der Waals surface area (Å²) in [6.45, 7) is 4.88. The average Bonchev–Trinajstić information content (AvgIpc) is 2.71. The predicted molar refractivity (Wildman–Crippen MR) is 56.6 cm³/mol. The standard InChI is InChI=1S/C10H13NO2S/c1-3-11(4-2)10(13)9(12)8-6-5-7-14-8/h5-7H,3-4H2,1-2H3. The SMILES string of the molecule is CCN(CC)C(=O)C(=O)c1cccs1. The number of hydrogen-bond donors (Lipinski definition) is 0. The molecule has 0 N–H and O–H groups in total. The monoisotopic (exact) mass is 211 g/mol. The van der Waals surface area contributed by atoms with E-state index < -0.39 is 11.7 Å². The number of Topliss-reactive ketones (excluding diaryl/α,β-unsaturated/α-hetero) is 1. The summed E-state index contributed by atoms with van der Waals surface area (Å²) in [5, 5.41) is 1.79. The minimum absolute atomic E-state index is 0.399. The minimum Gasteiger partial charge on any atom is -0.336 e. The molecule has 0 saturated carbocycles. The summed E-state index contributed by atoms with van der Waals surface area (Å²) in [6, 6.07) is 3.45. The van der Waals surface area contributed by atoms with E-state index in [0.29, 0.717) is 18.0 Å². The van der Waals surface area contributed by atoms with E-state index in [2.05, 4.69) is 0 Å². The number of ketones is 1. The summed E-state index contributed by atoms with van der Waals surface area (Å²) in [6.07, 6.45) is 0. The van der Waals surface area contributed by atoms with Crippen LogP contribution in [-0.4, -0.2) is 29.7 Å². The highest BCUT2D eigenvalue weighted by Gasteiger charge is 2.21. The van der Waals surface area contributed by atoms with Crippen LogP contribution in [0.4, 0.5) is 0 Å². The van der Waals surface area contributed by atoms with Crippen LogP contribution in [0.1, 0.15) is 23.5 Å². The van der Waals surface area contributed by atoms with Gasteiger partial charge in [0, 0.05) is 13.1 Å². The van der Waals surface area contributed by atoms with Gasteiger partial charge in [-0.05, 0) is 25.3 Å². The number of nitrogens with zero attached hydrogens (tertiary/aromatic N) is 1. The molecule has 0 aliphatic rings. The van der Waals surface area contributed by atoms with Gasteiger partial charge in [-0.3, -0.25) is 9.59 Å². The Balaban J connectivity index is 2.75. The molecule has 1 aromatic rings. The molecule has 1 amide bonds. The largest absolute Gasteiger partial charge is 0.336 e. The van der Waals surface area contributed by atoms with Gasteiger partial charge in [-0.25, -0.2) is 0 Å². The molecular weight excluding hydrogens is 198 g/mol. The van der Waals surface area contributed by atoms with Crippen LogP contribution in [0.2, 0.25) is 0 Å². The molecule has 4 heteroatoms. The quantitative estimate of drug-likeness (QED) is 0.562. The fraction of sp³-hybridized carbons (Fsp3) is 0.400. The maximum absolute atomic E-state index is 11.6. The molecule has 76 valence electrons. The highest BCUT2D eigenvalue weighted by molar-refractivity contribution is 7.12. The second-order valence-electron chi connectivity index (χ2n) is 2.78. The van der Waals surface area contributed by atoms with Gasteiger partial charge in [-0.1, -0.05) is 6.07 Å². The average molecular weight is 211 g/mol. The maximum atomic E-state index is 11.6. The van der Waals surface area contributed by atoms with Gasteiger partial charge in [-0.15, -0.1) is 11.3 Å². The van der Waals surface area contributed by atoms with Crippen molar-refractivity contribution in [3.05, 3.63) is 22.4 Å². The fourth-order valence-corrected chi connectivity index (χ4v) is 1.82. The van der Waals surface area contributed by atoms with E-state index in [1.807, 2.05) is 13.8 Å². The first-order valence-corrected chi connectivity index (χ1v) is 5.45. The Morgan fingerprint density at radius 2 is 2.00 bits per heavy atom. The lowest BCUT2D eigenvalue weighted by Gasteiger charge is -2.16. The zero-order valence-corrected chi connectivity index (χ0v) is 9.13. The number of carbonyl (C=O) groups is 2. The van der Waals surface area contributed by atoms with Crippen molar-refractivity contribution in [1.82, 2.24) is 4.90 Å². The van der Waals surface area contributed by atoms with Gasteiger partial charge < -0.3 is 4.90 Å². The van der Waals surface area contributed by atoms with Gasteiger partial charge in [0.25, 0.3) is 11.7 Å². The Morgan fingerprint density at radius 3 is 2.43 bits per heavy atom. The van der Waals surface area contributed by atoms with Crippen molar-refractivity contribution in [2.24, 2.45) is 0 Å². The molecular formula is C10H13NO2S. The molecule has 0 saturated heterocycles. The Morgan fingerprint density at radius 1 is 1.36 bits per heavy atom. The number of carbonyl (C=O) groups excluding carboxylic acids is 2. The Hall–Kier alpha value is -1.16. The lowest BCUT2D eigenvalue weighted by Crippen LogP contribution is -2.35. The molecule has 0 aliphatic heterocycles. The van der Waals surface area contributed by atoms with Gasteiger partial charge in [0.15, 0.2) is 0 Å². The first-order valence-electron chi connectivity index (χ1n) is 4.57. The van der Waals surface area contributed by atoms with Crippen LogP contribution in [0, 0.1) is 0 Å². The van der Waals surface area contributed by atoms with Crippen LogP contribution in [0.3, 0.4) is 0 Å². The molecule has 0 bridgehead atoms. The highest BCUT2D eigenvalue weighted by atomic mass is 32.1. The second-order valence-corrected chi connectivity index (χ2v) is 3.73. The third-order valence-electron chi connectivity index (χ3n) is 1.99. The Bertz CT molecular complexity index is 315. The van der Waals surface area contributed by atoms with Crippen molar-refractivity contribution < 1.29 is 9.59 Å². The summed E-state index contributed by atoms with van der Waals surface area (Å²) < 4.78 is 0. The first-order chi connectivity index (χ1) is 6.70. The third kappa shape index (κ3) is 2.20. The predicted octanol–water partition coefficient (Wildman–Crippen LogP) is 1.80. The van der Waals surface area contributed by atoms with Crippen molar-refractivity contribution in [3.63, 3.8) is 0 Å². The van der Waals surface area contributed by atoms with Crippen LogP contribution < -0.4 is 0 Å². The molecule has 1 rings (SSSR count). The summed E-state index contributed by atoms with van der Waals surface area (Å²) in [5.41, 5.74) is 0. The van der Waals surface area contributed by atoms with Crippen LogP contribution in [-0.2, 0) is 4.79 Å². The number of amides is 1. The number of rotatable bonds is 4.